The molecule has 3 rings (SSSR count). The van der Waals surface area contributed by atoms with Crippen molar-refractivity contribution in [3.8, 4) is 0 Å². The van der Waals surface area contributed by atoms with E-state index in [2.05, 4.69) is 5.10 Å². The second-order valence-electron chi connectivity index (χ2n) is 5.10. The number of fused-ring (bicyclic) bond motifs is 1. The number of hydrogen-bond donors (Lipinski definition) is 2. The second-order valence-corrected chi connectivity index (χ2v) is 5.10. The number of ether oxygens (including phenoxy) is 1. The summed E-state index contributed by atoms with van der Waals surface area (Å²) in [7, 11) is 0. The number of benzene rings is 1. The summed E-state index contributed by atoms with van der Waals surface area (Å²) in [5.41, 5.74) is 0.770. The Labute approximate surface area is 119 Å². The standard InChI is InChI=1S/C13H15N3O5/c17-6-13-12(18)4-10(7-21-13)15-11-2-1-9(16(19)20)3-8(11)5-14-15/h1-3,5,10,12-13,17-18H,4,6-7H2/t10-,12-,13+/m0/s1. The van der Waals surface area contributed by atoms with Crippen LogP contribution in [-0.4, -0.2) is 50.3 Å². The molecule has 0 radical (unpaired) electrons. The highest BCUT2D eigenvalue weighted by Gasteiger charge is 2.31. The van der Waals surface area contributed by atoms with Gasteiger partial charge in [0.05, 0.1) is 42.0 Å². The first-order valence-corrected chi connectivity index (χ1v) is 6.62. The molecule has 1 aromatic heterocycles. The molecule has 8 heteroatoms. The third-order valence-corrected chi connectivity index (χ3v) is 3.76. The molecule has 1 aliphatic rings. The van der Waals surface area contributed by atoms with Gasteiger partial charge in [0.1, 0.15) is 6.10 Å². The first kappa shape index (κ1) is 13.9. The number of aromatic nitrogens is 2. The molecule has 21 heavy (non-hydrogen) atoms. The fraction of sp³-hybridized carbons (Fsp3) is 0.462. The summed E-state index contributed by atoms with van der Waals surface area (Å²) >= 11 is 0. The number of hydrogen-bond acceptors (Lipinski definition) is 6. The Morgan fingerprint density at radius 1 is 1.52 bits per heavy atom. The van der Waals surface area contributed by atoms with E-state index in [0.29, 0.717) is 18.4 Å². The van der Waals surface area contributed by atoms with Gasteiger partial charge in [-0.3, -0.25) is 14.8 Å². The molecule has 1 saturated heterocycles. The van der Waals surface area contributed by atoms with E-state index in [1.165, 1.54) is 12.1 Å². The van der Waals surface area contributed by atoms with Crippen LogP contribution in [0.2, 0.25) is 0 Å². The van der Waals surface area contributed by atoms with Crippen molar-refractivity contribution in [2.75, 3.05) is 13.2 Å². The van der Waals surface area contributed by atoms with E-state index < -0.39 is 17.1 Å². The number of nitro groups is 1. The summed E-state index contributed by atoms with van der Waals surface area (Å²) in [6.07, 6.45) is 0.654. The van der Waals surface area contributed by atoms with Gasteiger partial charge in [0.2, 0.25) is 0 Å². The Morgan fingerprint density at radius 3 is 3.00 bits per heavy atom. The first-order valence-electron chi connectivity index (χ1n) is 6.62. The molecule has 1 fully saturated rings. The summed E-state index contributed by atoms with van der Waals surface area (Å²) in [5, 5.41) is 34.7. The van der Waals surface area contributed by atoms with E-state index in [-0.39, 0.29) is 18.3 Å². The van der Waals surface area contributed by atoms with Crippen LogP contribution in [0, 0.1) is 10.1 Å². The summed E-state index contributed by atoms with van der Waals surface area (Å²) < 4.78 is 7.12. The van der Waals surface area contributed by atoms with Gasteiger partial charge in [-0.25, -0.2) is 0 Å². The summed E-state index contributed by atoms with van der Waals surface area (Å²) in [6, 6.07) is 4.37. The molecule has 8 nitrogen and oxygen atoms in total. The average molecular weight is 293 g/mol. The number of aliphatic hydroxyl groups excluding tert-OH is 2. The lowest BCUT2D eigenvalue weighted by atomic mass is 10.0. The Hall–Kier alpha value is -2.03. The highest BCUT2D eigenvalue weighted by molar-refractivity contribution is 5.81. The largest absolute Gasteiger partial charge is 0.394 e. The second kappa shape index (κ2) is 5.40. The fourth-order valence-electron chi connectivity index (χ4n) is 2.63. The smallest absolute Gasteiger partial charge is 0.270 e. The van der Waals surface area contributed by atoms with E-state index in [4.69, 9.17) is 9.84 Å². The molecule has 1 aliphatic heterocycles. The fourth-order valence-corrected chi connectivity index (χ4v) is 2.63. The molecule has 0 saturated carbocycles. The Kier molecular flexibility index (Phi) is 3.58. The quantitative estimate of drug-likeness (QED) is 0.634. The predicted molar refractivity (Wildman–Crippen MR) is 72.9 cm³/mol. The topological polar surface area (TPSA) is 111 Å². The third-order valence-electron chi connectivity index (χ3n) is 3.76. The Morgan fingerprint density at radius 2 is 2.33 bits per heavy atom. The maximum atomic E-state index is 10.8. The molecule has 0 unspecified atom stereocenters. The van der Waals surface area contributed by atoms with Gasteiger partial charge in [0, 0.05) is 23.9 Å². The van der Waals surface area contributed by atoms with Crippen LogP contribution < -0.4 is 0 Å². The normalized spacial score (nSPS) is 26.1. The first-order chi connectivity index (χ1) is 10.1. The number of nitro benzene ring substituents is 1. The van der Waals surface area contributed by atoms with Crippen LogP contribution in [0.25, 0.3) is 10.9 Å². The van der Waals surface area contributed by atoms with Gasteiger partial charge >= 0.3 is 0 Å². The number of non-ortho nitro benzene ring substituents is 1. The van der Waals surface area contributed by atoms with Crippen molar-refractivity contribution < 1.29 is 19.9 Å². The van der Waals surface area contributed by atoms with Gasteiger partial charge < -0.3 is 14.9 Å². The zero-order valence-corrected chi connectivity index (χ0v) is 11.1. The molecule has 0 spiro atoms. The van der Waals surface area contributed by atoms with E-state index in [1.54, 1.807) is 16.9 Å². The molecule has 2 heterocycles. The Bertz CT molecular complexity index is 671. The highest BCUT2D eigenvalue weighted by atomic mass is 16.6. The van der Waals surface area contributed by atoms with E-state index in [9.17, 15) is 15.2 Å². The van der Waals surface area contributed by atoms with Crippen molar-refractivity contribution in [1.29, 1.82) is 0 Å². The van der Waals surface area contributed by atoms with Crippen LogP contribution in [0.3, 0.4) is 0 Å². The SMILES string of the molecule is O=[N+]([O-])c1ccc2c(cnn2[C@@H]2CO[C@H](CO)[C@@H](O)C2)c1. The summed E-state index contributed by atoms with van der Waals surface area (Å²) in [6.45, 7) is 0.107. The molecule has 0 bridgehead atoms. The average Bonchev–Trinajstić information content (AvgIpc) is 2.90. The molecule has 2 N–H and O–H groups in total. The third kappa shape index (κ3) is 2.48. The molecular weight excluding hydrogens is 278 g/mol. The van der Waals surface area contributed by atoms with Crippen LogP contribution in [0.1, 0.15) is 12.5 Å². The van der Waals surface area contributed by atoms with E-state index in [0.717, 1.165) is 5.52 Å². The van der Waals surface area contributed by atoms with Crippen molar-refractivity contribution in [3.63, 3.8) is 0 Å². The van der Waals surface area contributed by atoms with Crippen molar-refractivity contribution in [2.24, 2.45) is 0 Å². The molecular formula is C13H15N3O5. The van der Waals surface area contributed by atoms with E-state index >= 15 is 0 Å². The van der Waals surface area contributed by atoms with Crippen LogP contribution in [-0.2, 0) is 4.74 Å². The molecule has 112 valence electrons. The lowest BCUT2D eigenvalue weighted by Crippen LogP contribution is -2.41. The zero-order chi connectivity index (χ0) is 15.0. The minimum atomic E-state index is -0.758. The lowest BCUT2D eigenvalue weighted by molar-refractivity contribution is -0.384. The predicted octanol–water partition coefficient (Wildman–Crippen LogP) is 0.628. The van der Waals surface area contributed by atoms with E-state index in [1.807, 2.05) is 0 Å². The lowest BCUT2D eigenvalue weighted by Gasteiger charge is -2.32. The Balaban J connectivity index is 1.89. The number of nitrogens with zero attached hydrogens (tertiary/aromatic N) is 3. The minimum absolute atomic E-state index is 0.0160. The minimum Gasteiger partial charge on any atom is -0.394 e. The van der Waals surface area contributed by atoms with Crippen molar-refractivity contribution >= 4 is 16.6 Å². The molecule has 0 amide bonds. The van der Waals surface area contributed by atoms with Crippen LogP contribution in [0.4, 0.5) is 5.69 Å². The zero-order valence-electron chi connectivity index (χ0n) is 11.1. The van der Waals surface area contributed by atoms with Gasteiger partial charge in [-0.05, 0) is 6.07 Å². The van der Waals surface area contributed by atoms with Crippen LogP contribution in [0.5, 0.6) is 0 Å². The molecule has 0 aliphatic carbocycles. The molecule has 3 atom stereocenters. The van der Waals surface area contributed by atoms with Gasteiger partial charge in [0.25, 0.3) is 5.69 Å². The van der Waals surface area contributed by atoms with Crippen molar-refractivity contribution in [1.82, 2.24) is 9.78 Å². The van der Waals surface area contributed by atoms with Gasteiger partial charge in [-0.2, -0.15) is 5.10 Å². The van der Waals surface area contributed by atoms with Gasteiger partial charge in [-0.15, -0.1) is 0 Å². The van der Waals surface area contributed by atoms with Crippen molar-refractivity contribution in [3.05, 3.63) is 34.5 Å². The molecule has 1 aromatic carbocycles. The van der Waals surface area contributed by atoms with Gasteiger partial charge in [0.15, 0.2) is 0 Å². The summed E-state index contributed by atoms with van der Waals surface area (Å²) in [4.78, 5) is 10.3. The van der Waals surface area contributed by atoms with Crippen LogP contribution >= 0.6 is 0 Å². The highest BCUT2D eigenvalue weighted by Crippen LogP contribution is 2.28. The molecule has 2 aromatic rings. The summed E-state index contributed by atoms with van der Waals surface area (Å²) in [5.74, 6) is 0. The monoisotopic (exact) mass is 293 g/mol. The maximum Gasteiger partial charge on any atom is 0.270 e. The maximum absolute atomic E-state index is 10.8. The van der Waals surface area contributed by atoms with Crippen molar-refractivity contribution in [2.45, 2.75) is 24.7 Å². The van der Waals surface area contributed by atoms with Crippen LogP contribution in [0.15, 0.2) is 24.4 Å². The number of aliphatic hydroxyl groups is 2. The van der Waals surface area contributed by atoms with Gasteiger partial charge in [-0.1, -0.05) is 0 Å². The number of rotatable bonds is 3.